The van der Waals surface area contributed by atoms with Crippen molar-refractivity contribution in [3.8, 4) is 0 Å². The van der Waals surface area contributed by atoms with Gasteiger partial charge in [0.2, 0.25) is 0 Å². The molecule has 80 valence electrons. The van der Waals surface area contributed by atoms with E-state index in [9.17, 15) is 8.76 Å². The third-order valence-corrected chi connectivity index (χ3v) is 2.99. The molecule has 1 rings (SSSR count). The van der Waals surface area contributed by atoms with Crippen LogP contribution in [0.25, 0.3) is 0 Å². The van der Waals surface area contributed by atoms with Gasteiger partial charge < -0.3 is 9.45 Å². The first kappa shape index (κ1) is 11.3. The van der Waals surface area contributed by atoms with Gasteiger partial charge in [0.1, 0.15) is 6.20 Å². The molecule has 0 aliphatic carbocycles. The summed E-state index contributed by atoms with van der Waals surface area (Å²) >= 11 is 0. The van der Waals surface area contributed by atoms with Gasteiger partial charge in [-0.15, -0.1) is 0 Å². The first-order chi connectivity index (χ1) is 6.51. The van der Waals surface area contributed by atoms with E-state index in [1.165, 1.54) is 4.90 Å². The fourth-order valence-corrected chi connectivity index (χ4v) is 1.93. The van der Waals surface area contributed by atoms with Crippen molar-refractivity contribution in [2.24, 2.45) is 0 Å². The van der Waals surface area contributed by atoms with Gasteiger partial charge in [0.15, 0.2) is 6.67 Å². The molecule has 0 aromatic rings. The van der Waals surface area contributed by atoms with Crippen molar-refractivity contribution in [3.05, 3.63) is 25.2 Å². The molecule has 0 saturated heterocycles. The van der Waals surface area contributed by atoms with E-state index in [0.29, 0.717) is 6.42 Å². The second-order valence-corrected chi connectivity index (χ2v) is 5.28. The highest BCUT2D eigenvalue weighted by atomic mass is 32.2. The van der Waals surface area contributed by atoms with Crippen LogP contribution in [0.4, 0.5) is 0 Å². The Morgan fingerprint density at radius 2 is 2.43 bits per heavy atom. The molecule has 1 heterocycles. The first-order valence-corrected chi connectivity index (χ1v) is 6.30. The topological polar surface area (TPSA) is 47.8 Å². The Balaban J connectivity index is 2.22. The molecule has 2 atom stereocenters. The molecule has 0 fully saturated rings. The normalized spacial score (nSPS) is 24.9. The Kier molecular flexibility index (Phi) is 3.74. The molecule has 5 heteroatoms. The van der Waals surface area contributed by atoms with Crippen molar-refractivity contribution in [1.82, 2.24) is 4.90 Å². The maximum atomic E-state index is 10.8. The molecular weight excluding hydrogens is 200 g/mol. The lowest BCUT2D eigenvalue weighted by Crippen LogP contribution is -3.07. The molecule has 1 N–H and O–H groups in total. The number of nitrogens with one attached hydrogen (secondary N) is 1. The number of hydrogen-bond donors (Lipinski definition) is 1. The minimum absolute atomic E-state index is 0.165. The maximum Gasteiger partial charge on any atom is 0.160 e. The van der Waals surface area contributed by atoms with Crippen LogP contribution in [0.3, 0.4) is 0 Å². The molecule has 0 saturated carbocycles. The summed E-state index contributed by atoms with van der Waals surface area (Å²) in [4.78, 5) is 3.21. The summed E-state index contributed by atoms with van der Waals surface area (Å²) in [6, 6.07) is 0. The van der Waals surface area contributed by atoms with Crippen LogP contribution in [0.5, 0.6) is 0 Å². The van der Waals surface area contributed by atoms with Crippen molar-refractivity contribution >= 4 is 15.7 Å². The predicted molar refractivity (Wildman–Crippen MR) is 57.4 cm³/mol. The van der Waals surface area contributed by atoms with Gasteiger partial charge in [0, 0.05) is 18.4 Å². The summed E-state index contributed by atoms with van der Waals surface area (Å²) < 4.78 is 21.5. The standard InChI is InChI=1S/C9H16N2O2S/c1-3-10-6-7-11(9-10)5-4-8-14(2,12)13/h3,6-7H,1-2,4-5,8-9H2,(H,12,13). The van der Waals surface area contributed by atoms with Crippen LogP contribution in [0.15, 0.2) is 25.2 Å². The SMILES string of the molecule is C=CN1C=C[NH+](CCCS(=C)(=O)[O-])C1. The molecule has 1 aliphatic rings. The zero-order valence-corrected chi connectivity index (χ0v) is 8.96. The van der Waals surface area contributed by atoms with E-state index in [1.807, 2.05) is 17.3 Å². The lowest BCUT2D eigenvalue weighted by Gasteiger charge is -2.15. The van der Waals surface area contributed by atoms with Gasteiger partial charge in [0.25, 0.3) is 0 Å². The minimum Gasteiger partial charge on any atom is -0.778 e. The van der Waals surface area contributed by atoms with Crippen molar-refractivity contribution in [2.75, 3.05) is 19.0 Å². The van der Waals surface area contributed by atoms with Crippen molar-refractivity contribution < 1.29 is 13.7 Å². The van der Waals surface area contributed by atoms with E-state index in [4.69, 9.17) is 0 Å². The average molecular weight is 216 g/mol. The van der Waals surface area contributed by atoms with Gasteiger partial charge in [0.05, 0.1) is 12.7 Å². The summed E-state index contributed by atoms with van der Waals surface area (Å²) in [7, 11) is -3.06. The molecule has 0 spiro atoms. The summed E-state index contributed by atoms with van der Waals surface area (Å²) in [6.45, 7) is 5.30. The molecule has 2 unspecified atom stereocenters. The Morgan fingerprint density at radius 1 is 1.71 bits per heavy atom. The minimum atomic E-state index is -3.06. The second-order valence-electron chi connectivity index (χ2n) is 3.38. The smallest absolute Gasteiger partial charge is 0.160 e. The van der Waals surface area contributed by atoms with Crippen LogP contribution < -0.4 is 4.90 Å². The molecule has 0 bridgehead atoms. The lowest BCUT2D eigenvalue weighted by atomic mass is 10.4. The molecule has 0 amide bonds. The number of nitrogens with zero attached hydrogens (tertiary/aromatic N) is 1. The Hall–Kier alpha value is -0.780. The third-order valence-electron chi connectivity index (χ3n) is 2.08. The quantitative estimate of drug-likeness (QED) is 0.599. The summed E-state index contributed by atoms with van der Waals surface area (Å²) in [6.07, 6.45) is 6.36. The van der Waals surface area contributed by atoms with Gasteiger partial charge in [-0.2, -0.15) is 0 Å². The van der Waals surface area contributed by atoms with E-state index < -0.39 is 9.80 Å². The van der Waals surface area contributed by atoms with Crippen molar-refractivity contribution in [3.63, 3.8) is 0 Å². The average Bonchev–Trinajstić information content (AvgIpc) is 2.50. The number of hydrogen-bond acceptors (Lipinski definition) is 3. The highest BCUT2D eigenvalue weighted by Crippen LogP contribution is 1.90. The van der Waals surface area contributed by atoms with Crippen LogP contribution in [0.2, 0.25) is 0 Å². The molecule has 0 aromatic carbocycles. The number of rotatable bonds is 5. The van der Waals surface area contributed by atoms with E-state index in [2.05, 4.69) is 12.4 Å². The van der Waals surface area contributed by atoms with E-state index in [-0.39, 0.29) is 5.75 Å². The Labute approximate surface area is 85.3 Å². The lowest BCUT2D eigenvalue weighted by molar-refractivity contribution is -0.848. The fraction of sp³-hybridized carbons (Fsp3) is 0.444. The zero-order valence-electron chi connectivity index (χ0n) is 8.15. The second kappa shape index (κ2) is 4.63. The van der Waals surface area contributed by atoms with Crippen LogP contribution in [-0.2, 0) is 9.80 Å². The van der Waals surface area contributed by atoms with Gasteiger partial charge in [-0.05, 0) is 0 Å². The van der Waals surface area contributed by atoms with Crippen LogP contribution in [0.1, 0.15) is 6.42 Å². The van der Waals surface area contributed by atoms with Crippen molar-refractivity contribution in [1.29, 1.82) is 0 Å². The highest BCUT2D eigenvalue weighted by molar-refractivity contribution is 7.94. The van der Waals surface area contributed by atoms with Crippen LogP contribution in [0, 0.1) is 0 Å². The highest BCUT2D eigenvalue weighted by Gasteiger charge is 2.13. The van der Waals surface area contributed by atoms with Crippen LogP contribution in [-0.4, -0.2) is 38.5 Å². The Bertz CT molecular complexity index is 322. The van der Waals surface area contributed by atoms with Gasteiger partial charge in [-0.1, -0.05) is 22.3 Å². The predicted octanol–water partition coefficient (Wildman–Crippen LogP) is -1.00. The molecule has 1 aliphatic heterocycles. The largest absolute Gasteiger partial charge is 0.778 e. The number of quaternary nitrogens is 1. The van der Waals surface area contributed by atoms with E-state index in [1.54, 1.807) is 6.20 Å². The summed E-state index contributed by atoms with van der Waals surface area (Å²) in [5.74, 6) is 3.25. The van der Waals surface area contributed by atoms with E-state index >= 15 is 0 Å². The summed E-state index contributed by atoms with van der Waals surface area (Å²) in [5, 5.41) is 0. The third kappa shape index (κ3) is 3.95. The fourth-order valence-electron chi connectivity index (χ4n) is 1.35. The molecule has 0 radical (unpaired) electrons. The molecule has 14 heavy (non-hydrogen) atoms. The molecular formula is C9H16N2O2S. The maximum absolute atomic E-state index is 10.8. The Morgan fingerprint density at radius 3 is 2.93 bits per heavy atom. The van der Waals surface area contributed by atoms with Gasteiger partial charge in [-0.3, -0.25) is 9.11 Å². The van der Waals surface area contributed by atoms with Crippen LogP contribution >= 0.6 is 0 Å². The molecule has 4 nitrogen and oxygen atoms in total. The van der Waals surface area contributed by atoms with Gasteiger partial charge in [-0.25, -0.2) is 0 Å². The van der Waals surface area contributed by atoms with Gasteiger partial charge >= 0.3 is 0 Å². The molecule has 0 aromatic heterocycles. The van der Waals surface area contributed by atoms with E-state index in [0.717, 1.165) is 13.2 Å². The van der Waals surface area contributed by atoms with Crippen molar-refractivity contribution in [2.45, 2.75) is 6.42 Å². The summed E-state index contributed by atoms with van der Waals surface area (Å²) in [5.41, 5.74) is 0. The first-order valence-electron chi connectivity index (χ1n) is 4.48. The monoisotopic (exact) mass is 216 g/mol. The zero-order chi connectivity index (χ0) is 10.6.